The summed E-state index contributed by atoms with van der Waals surface area (Å²) in [5.41, 5.74) is 0.0863. The van der Waals surface area contributed by atoms with Crippen molar-refractivity contribution in [3.05, 3.63) is 16.4 Å². The summed E-state index contributed by atoms with van der Waals surface area (Å²) < 4.78 is 0. The third-order valence-electron chi connectivity index (χ3n) is 4.95. The quantitative estimate of drug-likeness (QED) is 0.629. The maximum atomic E-state index is 11.8. The molecular formula is C16H25N5O2. The van der Waals surface area contributed by atoms with Gasteiger partial charge in [0.05, 0.1) is 4.92 Å². The maximum absolute atomic E-state index is 11.8. The first-order chi connectivity index (χ1) is 11.2. The second-order valence-electron chi connectivity index (χ2n) is 6.57. The van der Waals surface area contributed by atoms with Crippen molar-refractivity contribution in [3.8, 4) is 0 Å². The first kappa shape index (κ1) is 16.0. The summed E-state index contributed by atoms with van der Waals surface area (Å²) in [5, 5.41) is 11.8. The number of rotatable bonds is 3. The van der Waals surface area contributed by atoms with E-state index in [9.17, 15) is 10.1 Å². The number of aromatic nitrogens is 2. The molecule has 7 nitrogen and oxygen atoms in total. The van der Waals surface area contributed by atoms with Gasteiger partial charge in [-0.05, 0) is 39.0 Å². The van der Waals surface area contributed by atoms with Crippen LogP contribution in [0, 0.1) is 10.1 Å². The minimum absolute atomic E-state index is 0.0863. The molecule has 126 valence electrons. The second kappa shape index (κ2) is 7.10. The molecule has 2 fully saturated rings. The lowest BCUT2D eigenvalue weighted by Gasteiger charge is -2.34. The van der Waals surface area contributed by atoms with Gasteiger partial charge in [0.2, 0.25) is 11.6 Å². The Labute approximate surface area is 136 Å². The minimum Gasteiger partial charge on any atom is -0.351 e. The Balaban J connectivity index is 1.99. The van der Waals surface area contributed by atoms with Crippen molar-refractivity contribution in [1.29, 1.82) is 0 Å². The van der Waals surface area contributed by atoms with Crippen LogP contribution in [-0.2, 0) is 0 Å². The molecule has 0 bridgehead atoms. The Hall–Kier alpha value is -1.92. The molecule has 0 saturated carbocycles. The predicted octanol–water partition coefficient (Wildman–Crippen LogP) is 3.14. The molecule has 1 atom stereocenters. The van der Waals surface area contributed by atoms with Crippen LogP contribution in [0.4, 0.5) is 17.3 Å². The van der Waals surface area contributed by atoms with Gasteiger partial charge in [-0.25, -0.2) is 9.97 Å². The van der Waals surface area contributed by atoms with Crippen LogP contribution in [0.3, 0.4) is 0 Å². The summed E-state index contributed by atoms with van der Waals surface area (Å²) in [5.74, 6) is 0.996. The first-order valence-corrected chi connectivity index (χ1v) is 8.69. The summed E-state index contributed by atoms with van der Waals surface area (Å²) in [4.78, 5) is 24.3. The zero-order chi connectivity index (χ0) is 16.2. The lowest BCUT2D eigenvalue weighted by molar-refractivity contribution is -0.383. The van der Waals surface area contributed by atoms with E-state index >= 15 is 0 Å². The molecule has 2 aliphatic rings. The van der Waals surface area contributed by atoms with Crippen LogP contribution in [-0.4, -0.2) is 40.6 Å². The number of hydrogen-bond acceptors (Lipinski definition) is 6. The van der Waals surface area contributed by atoms with Gasteiger partial charge in [0.1, 0.15) is 6.33 Å². The fraction of sp³-hybridized carbons (Fsp3) is 0.750. The second-order valence-corrected chi connectivity index (χ2v) is 6.57. The highest BCUT2D eigenvalue weighted by atomic mass is 16.6. The molecular weight excluding hydrogens is 294 g/mol. The van der Waals surface area contributed by atoms with Crippen molar-refractivity contribution < 1.29 is 4.92 Å². The van der Waals surface area contributed by atoms with Crippen molar-refractivity contribution in [3.63, 3.8) is 0 Å². The zero-order valence-electron chi connectivity index (χ0n) is 13.8. The van der Waals surface area contributed by atoms with E-state index in [-0.39, 0.29) is 16.7 Å². The van der Waals surface area contributed by atoms with Crippen molar-refractivity contribution in [1.82, 2.24) is 9.97 Å². The van der Waals surface area contributed by atoms with E-state index in [1.54, 1.807) is 0 Å². The zero-order valence-corrected chi connectivity index (χ0v) is 13.8. The highest BCUT2D eigenvalue weighted by molar-refractivity contribution is 5.71. The van der Waals surface area contributed by atoms with Crippen molar-refractivity contribution in [2.45, 2.75) is 57.9 Å². The Morgan fingerprint density at radius 2 is 1.70 bits per heavy atom. The maximum Gasteiger partial charge on any atom is 0.353 e. The molecule has 0 spiro atoms. The van der Waals surface area contributed by atoms with Crippen LogP contribution in [0.2, 0.25) is 0 Å². The molecule has 0 aliphatic carbocycles. The summed E-state index contributed by atoms with van der Waals surface area (Å²) in [7, 11) is 0. The Morgan fingerprint density at radius 3 is 2.35 bits per heavy atom. The summed E-state index contributed by atoms with van der Waals surface area (Å²) >= 11 is 0. The number of nitro groups is 1. The standard InChI is InChI=1S/C16H25N5O2/c1-13-8-4-7-11-20(13)16-14(21(22)23)15(17-12-18-16)19-9-5-2-3-6-10-19/h12-13H,2-11H2,1H3. The van der Waals surface area contributed by atoms with Gasteiger partial charge in [-0.15, -0.1) is 0 Å². The lowest BCUT2D eigenvalue weighted by Crippen LogP contribution is -2.39. The van der Waals surface area contributed by atoms with Gasteiger partial charge < -0.3 is 9.80 Å². The highest BCUT2D eigenvalue weighted by Crippen LogP contribution is 2.37. The molecule has 23 heavy (non-hydrogen) atoms. The van der Waals surface area contributed by atoms with Crippen LogP contribution >= 0.6 is 0 Å². The molecule has 1 aromatic rings. The molecule has 0 radical (unpaired) electrons. The molecule has 1 unspecified atom stereocenters. The van der Waals surface area contributed by atoms with E-state index in [0.29, 0.717) is 11.6 Å². The van der Waals surface area contributed by atoms with Crippen LogP contribution in [0.25, 0.3) is 0 Å². The summed E-state index contributed by atoms with van der Waals surface area (Å²) in [6, 6.07) is 0.286. The van der Waals surface area contributed by atoms with Gasteiger partial charge >= 0.3 is 5.69 Å². The Kier molecular flexibility index (Phi) is 4.93. The van der Waals surface area contributed by atoms with Crippen molar-refractivity contribution >= 4 is 17.3 Å². The number of hydrogen-bond donors (Lipinski definition) is 0. The fourth-order valence-corrected chi connectivity index (χ4v) is 3.66. The molecule has 0 amide bonds. The Morgan fingerprint density at radius 1 is 1.04 bits per heavy atom. The normalized spacial score (nSPS) is 22.7. The molecule has 3 heterocycles. The smallest absolute Gasteiger partial charge is 0.351 e. The van der Waals surface area contributed by atoms with E-state index in [1.807, 2.05) is 0 Å². The Bertz CT molecular complexity index is 557. The first-order valence-electron chi connectivity index (χ1n) is 8.69. The number of piperidine rings is 1. The highest BCUT2D eigenvalue weighted by Gasteiger charge is 2.32. The number of nitrogens with zero attached hydrogens (tertiary/aromatic N) is 5. The van der Waals surface area contributed by atoms with E-state index in [2.05, 4.69) is 26.7 Å². The summed E-state index contributed by atoms with van der Waals surface area (Å²) in [6.45, 7) is 4.63. The topological polar surface area (TPSA) is 75.4 Å². The van der Waals surface area contributed by atoms with Gasteiger partial charge in [-0.1, -0.05) is 12.8 Å². The molecule has 2 saturated heterocycles. The number of anilines is 2. The minimum atomic E-state index is -0.295. The van der Waals surface area contributed by atoms with Crippen LogP contribution < -0.4 is 9.80 Å². The average Bonchev–Trinajstić information content (AvgIpc) is 2.83. The molecule has 7 heteroatoms. The molecule has 1 aromatic heterocycles. The van der Waals surface area contributed by atoms with E-state index < -0.39 is 0 Å². The van der Waals surface area contributed by atoms with Crippen LogP contribution in [0.1, 0.15) is 51.9 Å². The third-order valence-corrected chi connectivity index (χ3v) is 4.95. The molecule has 0 aromatic carbocycles. The summed E-state index contributed by atoms with van der Waals surface area (Å²) in [6.07, 6.45) is 9.29. The van der Waals surface area contributed by atoms with Crippen LogP contribution in [0.15, 0.2) is 6.33 Å². The third kappa shape index (κ3) is 3.38. The van der Waals surface area contributed by atoms with Gasteiger partial charge in [0, 0.05) is 25.7 Å². The van der Waals surface area contributed by atoms with Crippen molar-refractivity contribution in [2.75, 3.05) is 29.4 Å². The monoisotopic (exact) mass is 319 g/mol. The predicted molar refractivity (Wildman–Crippen MR) is 90.0 cm³/mol. The van der Waals surface area contributed by atoms with Gasteiger partial charge in [-0.2, -0.15) is 0 Å². The van der Waals surface area contributed by atoms with Gasteiger partial charge in [0.15, 0.2) is 0 Å². The van der Waals surface area contributed by atoms with E-state index in [1.165, 1.54) is 25.6 Å². The largest absolute Gasteiger partial charge is 0.353 e. The van der Waals surface area contributed by atoms with Crippen LogP contribution in [0.5, 0.6) is 0 Å². The van der Waals surface area contributed by atoms with E-state index in [4.69, 9.17) is 0 Å². The van der Waals surface area contributed by atoms with Gasteiger partial charge in [-0.3, -0.25) is 10.1 Å². The molecule has 3 rings (SSSR count). The van der Waals surface area contributed by atoms with Crippen molar-refractivity contribution in [2.24, 2.45) is 0 Å². The van der Waals surface area contributed by atoms with E-state index in [0.717, 1.165) is 45.3 Å². The SMILES string of the molecule is CC1CCCCN1c1ncnc(N2CCCCCC2)c1[N+](=O)[O-]. The molecule has 2 aliphatic heterocycles. The lowest BCUT2D eigenvalue weighted by atomic mass is 10.0. The molecule has 0 N–H and O–H groups in total. The van der Waals surface area contributed by atoms with Gasteiger partial charge in [0.25, 0.3) is 0 Å². The fourth-order valence-electron chi connectivity index (χ4n) is 3.66. The average molecular weight is 319 g/mol.